The van der Waals surface area contributed by atoms with Gasteiger partial charge < -0.3 is 19.6 Å². The summed E-state index contributed by atoms with van der Waals surface area (Å²) in [6, 6.07) is 8.69. The van der Waals surface area contributed by atoms with E-state index in [-0.39, 0.29) is 48.4 Å². The molecule has 2 atom stereocenters. The maximum atomic E-state index is 12.8. The fourth-order valence-corrected chi connectivity index (χ4v) is 6.11. The third kappa shape index (κ3) is 9.12. The molecule has 0 unspecified atom stereocenters. The summed E-state index contributed by atoms with van der Waals surface area (Å²) in [6.45, 7) is 9.71. The Hall–Kier alpha value is -5.94. The third-order valence-electron chi connectivity index (χ3n) is 9.11. The van der Waals surface area contributed by atoms with E-state index in [0.29, 0.717) is 56.2 Å². The van der Waals surface area contributed by atoms with Crippen LogP contribution < -0.4 is 11.1 Å². The number of hydrogen-bond donors (Lipinski definition) is 2. The van der Waals surface area contributed by atoms with Gasteiger partial charge in [0.05, 0.1) is 34.6 Å². The number of aromatic amines is 2. The molecule has 0 bridgehead atoms. The second-order valence-corrected chi connectivity index (χ2v) is 13.5. The van der Waals surface area contributed by atoms with Gasteiger partial charge in [0.2, 0.25) is 0 Å². The number of rotatable bonds is 10. The van der Waals surface area contributed by atoms with Crippen LogP contribution in [0.3, 0.4) is 0 Å². The Balaban J connectivity index is 0.000000214. The molecule has 6 rings (SSSR count). The fourth-order valence-electron chi connectivity index (χ4n) is 6.11. The SMILES string of the molecule is CC(=O)CCc1nn([C@@H](C)c2ccc(C(F)(F)F)cc2)c2nc(C)[nH]c(=O)c12.CC(=O)CCc1nn([C@H](C)c2ccc(C(F)(F)F)cc2)c2nc(C)[nH]c(=O)c12. The van der Waals surface area contributed by atoms with Gasteiger partial charge in [-0.15, -0.1) is 0 Å². The minimum absolute atomic E-state index is 0.0324. The molecular weight excluding hydrogens is 746 g/mol. The van der Waals surface area contributed by atoms with Crippen LogP contribution in [-0.2, 0) is 34.8 Å². The van der Waals surface area contributed by atoms with E-state index in [1.807, 2.05) is 0 Å². The molecule has 6 aromatic rings. The van der Waals surface area contributed by atoms with Crippen molar-refractivity contribution >= 4 is 33.6 Å². The number of nitrogens with one attached hydrogen (secondary N) is 2. The molecule has 0 saturated carbocycles. The van der Waals surface area contributed by atoms with Crippen LogP contribution in [0.2, 0.25) is 0 Å². The number of halogens is 6. The first-order chi connectivity index (χ1) is 26.1. The van der Waals surface area contributed by atoms with Crippen molar-refractivity contribution in [2.75, 3.05) is 0 Å². The summed E-state index contributed by atoms with van der Waals surface area (Å²) in [5, 5.41) is 9.53. The molecule has 2 N–H and O–H groups in total. The zero-order valence-corrected chi connectivity index (χ0v) is 31.2. The van der Waals surface area contributed by atoms with Crippen molar-refractivity contribution in [3.05, 3.63) is 115 Å². The lowest BCUT2D eigenvalue weighted by molar-refractivity contribution is -0.138. The van der Waals surface area contributed by atoms with Crippen molar-refractivity contribution in [3.63, 3.8) is 0 Å². The van der Waals surface area contributed by atoms with E-state index in [1.165, 1.54) is 47.5 Å². The number of alkyl halides is 6. The molecule has 18 heteroatoms. The van der Waals surface area contributed by atoms with Gasteiger partial charge in [-0.1, -0.05) is 24.3 Å². The number of nitrogens with zero attached hydrogens (tertiary/aromatic N) is 6. The standard InChI is InChI=1S/2C19H19F3N4O2/c2*1-10(27)4-9-15-16-17(23-12(3)24-18(16)28)26(25-15)11(2)13-5-7-14(8-6-13)19(20,21)22/h2*5-8,11H,4,9H2,1-3H3,(H,23,24,28)/t2*11-/m10/s1. The van der Waals surface area contributed by atoms with Gasteiger partial charge in [-0.3, -0.25) is 9.59 Å². The summed E-state index contributed by atoms with van der Waals surface area (Å²) in [6.07, 6.45) is -7.79. The molecule has 56 heavy (non-hydrogen) atoms. The van der Waals surface area contributed by atoms with E-state index in [4.69, 9.17) is 0 Å². The largest absolute Gasteiger partial charge is 0.416 e. The number of carbonyl (C=O) groups is 2. The highest BCUT2D eigenvalue weighted by atomic mass is 19.4. The zero-order valence-electron chi connectivity index (χ0n) is 31.2. The van der Waals surface area contributed by atoms with Crippen molar-refractivity contribution in [2.45, 2.75) is 91.7 Å². The van der Waals surface area contributed by atoms with E-state index in [9.17, 15) is 45.5 Å². The number of hydrogen-bond acceptors (Lipinski definition) is 8. The Bertz CT molecular complexity index is 2340. The highest BCUT2D eigenvalue weighted by molar-refractivity contribution is 5.81. The molecule has 0 spiro atoms. The molecule has 2 aromatic carbocycles. The van der Waals surface area contributed by atoms with Crippen molar-refractivity contribution in [1.82, 2.24) is 39.5 Å². The molecule has 0 aliphatic carbocycles. The van der Waals surface area contributed by atoms with Crippen LogP contribution >= 0.6 is 0 Å². The summed E-state index contributed by atoms with van der Waals surface area (Å²) in [5.41, 5.74) is 0.571. The Morgan fingerprint density at radius 3 is 1.23 bits per heavy atom. The highest BCUT2D eigenvalue weighted by Gasteiger charge is 2.31. The van der Waals surface area contributed by atoms with Crippen molar-refractivity contribution < 1.29 is 35.9 Å². The summed E-state index contributed by atoms with van der Waals surface area (Å²) in [4.78, 5) is 61.5. The van der Waals surface area contributed by atoms with Crippen LogP contribution in [0.25, 0.3) is 22.1 Å². The third-order valence-corrected chi connectivity index (χ3v) is 9.11. The molecule has 12 nitrogen and oxygen atoms in total. The van der Waals surface area contributed by atoms with Gasteiger partial charge in [0.1, 0.15) is 34.0 Å². The van der Waals surface area contributed by atoms with Crippen molar-refractivity contribution in [3.8, 4) is 0 Å². The van der Waals surface area contributed by atoms with E-state index < -0.39 is 35.6 Å². The van der Waals surface area contributed by atoms with E-state index in [0.717, 1.165) is 24.3 Å². The van der Waals surface area contributed by atoms with Crippen LogP contribution in [0, 0.1) is 13.8 Å². The first-order valence-electron chi connectivity index (χ1n) is 17.4. The number of fused-ring (bicyclic) bond motifs is 2. The summed E-state index contributed by atoms with van der Waals surface area (Å²) in [7, 11) is 0. The van der Waals surface area contributed by atoms with Crippen LogP contribution in [-0.4, -0.2) is 51.1 Å². The minimum atomic E-state index is -4.41. The maximum Gasteiger partial charge on any atom is 0.416 e. The lowest BCUT2D eigenvalue weighted by Gasteiger charge is -2.15. The molecule has 0 amide bonds. The van der Waals surface area contributed by atoms with E-state index in [1.54, 1.807) is 27.7 Å². The molecular formula is C38H38F6N8O4. The fraction of sp³-hybridized carbons (Fsp3) is 0.368. The summed E-state index contributed by atoms with van der Waals surface area (Å²) < 4.78 is 79.9. The van der Waals surface area contributed by atoms with Gasteiger partial charge in [0, 0.05) is 12.8 Å². The zero-order chi connectivity index (χ0) is 41.3. The van der Waals surface area contributed by atoms with Gasteiger partial charge in [-0.2, -0.15) is 36.5 Å². The Labute approximate surface area is 315 Å². The topological polar surface area (TPSA) is 161 Å². The molecule has 0 saturated heterocycles. The second-order valence-electron chi connectivity index (χ2n) is 13.5. The molecule has 296 valence electrons. The van der Waals surface area contributed by atoms with Gasteiger partial charge in [0.25, 0.3) is 11.1 Å². The van der Waals surface area contributed by atoms with E-state index >= 15 is 0 Å². The van der Waals surface area contributed by atoms with Crippen LogP contribution in [0.4, 0.5) is 26.3 Å². The average Bonchev–Trinajstić information content (AvgIpc) is 3.67. The smallest absolute Gasteiger partial charge is 0.310 e. The molecule has 0 aliphatic heterocycles. The van der Waals surface area contributed by atoms with E-state index in [2.05, 4.69) is 30.1 Å². The van der Waals surface area contributed by atoms with Gasteiger partial charge in [-0.25, -0.2) is 19.3 Å². The molecule has 0 aliphatic rings. The number of ketones is 2. The normalized spacial score (nSPS) is 13.1. The Morgan fingerprint density at radius 1 is 0.625 bits per heavy atom. The number of aryl methyl sites for hydroxylation is 4. The lowest BCUT2D eigenvalue weighted by atomic mass is 10.1. The first-order valence-corrected chi connectivity index (χ1v) is 17.4. The molecule has 0 radical (unpaired) electrons. The predicted molar refractivity (Wildman–Crippen MR) is 194 cm³/mol. The molecule has 4 aromatic heterocycles. The second kappa shape index (κ2) is 16.0. The highest BCUT2D eigenvalue weighted by Crippen LogP contribution is 2.32. The van der Waals surface area contributed by atoms with Gasteiger partial charge >= 0.3 is 12.4 Å². The van der Waals surface area contributed by atoms with Crippen LogP contribution in [0.1, 0.15) is 97.9 Å². The summed E-state index contributed by atoms with van der Waals surface area (Å²) >= 11 is 0. The Morgan fingerprint density at radius 2 is 0.946 bits per heavy atom. The molecule has 0 fully saturated rings. The van der Waals surface area contributed by atoms with Gasteiger partial charge in [-0.05, 0) is 89.8 Å². The Kier molecular flexibility index (Phi) is 11.8. The number of H-pyrrole nitrogens is 2. The van der Waals surface area contributed by atoms with Crippen molar-refractivity contribution in [1.29, 1.82) is 0 Å². The molecule has 4 heterocycles. The minimum Gasteiger partial charge on any atom is -0.310 e. The number of Topliss-reactive ketones (excluding diaryl/α,β-unsaturated/α-hetero) is 2. The first kappa shape index (κ1) is 41.2. The number of aromatic nitrogens is 8. The number of carbonyl (C=O) groups excluding carboxylic acids is 2. The van der Waals surface area contributed by atoms with Crippen LogP contribution in [0.5, 0.6) is 0 Å². The van der Waals surface area contributed by atoms with Gasteiger partial charge in [0.15, 0.2) is 11.3 Å². The number of benzene rings is 2. The lowest BCUT2D eigenvalue weighted by Crippen LogP contribution is -2.13. The predicted octanol–water partition coefficient (Wildman–Crippen LogP) is 7.16. The average molecular weight is 785 g/mol. The quantitative estimate of drug-likeness (QED) is 0.139. The monoisotopic (exact) mass is 784 g/mol. The maximum absolute atomic E-state index is 12.8. The summed E-state index contributed by atoms with van der Waals surface area (Å²) in [5.74, 6) is 0.734. The van der Waals surface area contributed by atoms with Crippen molar-refractivity contribution in [2.24, 2.45) is 0 Å². The van der Waals surface area contributed by atoms with Crippen LogP contribution in [0.15, 0.2) is 58.1 Å².